The zero-order chi connectivity index (χ0) is 19.3. The lowest BCUT2D eigenvalue weighted by atomic mass is 10.0. The Kier molecular flexibility index (Phi) is 5.95. The van der Waals surface area contributed by atoms with E-state index in [2.05, 4.69) is 27.3 Å². The minimum absolute atomic E-state index is 0.104. The molecule has 2 aromatic heterocycles. The number of nitrogens with zero attached hydrogens (tertiary/aromatic N) is 2. The summed E-state index contributed by atoms with van der Waals surface area (Å²) in [5.74, 6) is 0.833. The number of furan rings is 1. The van der Waals surface area contributed by atoms with E-state index in [1.807, 2.05) is 48.5 Å². The van der Waals surface area contributed by atoms with Gasteiger partial charge in [-0.2, -0.15) is 0 Å². The zero-order valence-corrected chi connectivity index (χ0v) is 16.8. The van der Waals surface area contributed by atoms with Crippen LogP contribution in [0, 0.1) is 0 Å². The topological polar surface area (TPSA) is 61.5 Å². The Hall–Kier alpha value is -2.35. The standard InChI is InChI=1S/C21H21N3O2S2/c25-14-6-13-24-20(19(23-21(24)27)16-9-4-5-12-22-16)17-10-11-18(26-17)28-15-7-2-1-3-8-15/h1-5,7-12,19-20,25H,6,13-14H2,(H,23,27)/t19-,20-/m0/s1. The first-order chi connectivity index (χ1) is 13.8. The fourth-order valence-corrected chi connectivity index (χ4v) is 4.48. The molecule has 3 heterocycles. The van der Waals surface area contributed by atoms with Crippen LogP contribution in [0.15, 0.2) is 81.3 Å². The average Bonchev–Trinajstić information content (AvgIpc) is 3.31. The van der Waals surface area contributed by atoms with Gasteiger partial charge in [0.05, 0.1) is 11.7 Å². The molecule has 144 valence electrons. The quantitative estimate of drug-likeness (QED) is 0.566. The molecule has 2 N–H and O–H groups in total. The number of aliphatic hydroxyl groups excluding tert-OH is 1. The van der Waals surface area contributed by atoms with E-state index in [4.69, 9.17) is 16.6 Å². The molecule has 3 aromatic rings. The summed E-state index contributed by atoms with van der Waals surface area (Å²) >= 11 is 7.17. The molecule has 0 spiro atoms. The van der Waals surface area contributed by atoms with Crippen LogP contribution in [0.2, 0.25) is 0 Å². The minimum atomic E-state index is -0.112. The number of nitrogens with one attached hydrogen (secondary N) is 1. The number of hydrogen-bond donors (Lipinski definition) is 2. The largest absolute Gasteiger partial charge is 0.452 e. The third kappa shape index (κ3) is 4.06. The number of aliphatic hydroxyl groups is 1. The maximum Gasteiger partial charge on any atom is 0.170 e. The van der Waals surface area contributed by atoms with Gasteiger partial charge in [-0.3, -0.25) is 4.98 Å². The van der Waals surface area contributed by atoms with Crippen molar-refractivity contribution >= 4 is 29.1 Å². The van der Waals surface area contributed by atoms with E-state index in [1.165, 1.54) is 0 Å². The Labute approximate surface area is 173 Å². The second-order valence-corrected chi connectivity index (χ2v) is 7.93. The van der Waals surface area contributed by atoms with E-state index < -0.39 is 0 Å². The summed E-state index contributed by atoms with van der Waals surface area (Å²) in [5, 5.41) is 14.2. The highest BCUT2D eigenvalue weighted by atomic mass is 32.2. The monoisotopic (exact) mass is 411 g/mol. The van der Waals surface area contributed by atoms with E-state index in [-0.39, 0.29) is 18.7 Å². The molecule has 1 saturated heterocycles. The van der Waals surface area contributed by atoms with Gasteiger partial charge in [-0.05, 0) is 55.0 Å². The van der Waals surface area contributed by atoms with Crippen LogP contribution in [0.5, 0.6) is 0 Å². The number of pyridine rings is 1. The van der Waals surface area contributed by atoms with Crippen LogP contribution in [0.1, 0.15) is 30.0 Å². The Morgan fingerprint density at radius 3 is 2.68 bits per heavy atom. The van der Waals surface area contributed by atoms with Gasteiger partial charge in [-0.15, -0.1) is 0 Å². The third-order valence-corrected chi connectivity index (χ3v) is 5.89. The molecule has 1 aliphatic rings. The summed E-state index contributed by atoms with van der Waals surface area (Å²) in [5.41, 5.74) is 0.912. The van der Waals surface area contributed by atoms with E-state index in [0.717, 1.165) is 21.4 Å². The van der Waals surface area contributed by atoms with Crippen LogP contribution in [0.25, 0.3) is 0 Å². The highest BCUT2D eigenvalue weighted by molar-refractivity contribution is 7.99. The Balaban J connectivity index is 1.63. The fourth-order valence-electron chi connectivity index (χ4n) is 3.35. The second-order valence-electron chi connectivity index (χ2n) is 6.47. The van der Waals surface area contributed by atoms with E-state index in [9.17, 15) is 5.11 Å². The van der Waals surface area contributed by atoms with E-state index in [0.29, 0.717) is 18.1 Å². The lowest BCUT2D eigenvalue weighted by molar-refractivity contribution is 0.226. The highest BCUT2D eigenvalue weighted by Gasteiger charge is 2.41. The maximum absolute atomic E-state index is 9.29. The molecule has 1 aliphatic heterocycles. The van der Waals surface area contributed by atoms with Crippen molar-refractivity contribution in [2.45, 2.75) is 28.5 Å². The first-order valence-electron chi connectivity index (χ1n) is 9.18. The SMILES string of the molecule is OCCCN1C(=S)N[C@@H](c2ccccn2)[C@@H]1c1ccc(Sc2ccccc2)o1. The molecule has 28 heavy (non-hydrogen) atoms. The van der Waals surface area contributed by atoms with Crippen molar-refractivity contribution in [2.75, 3.05) is 13.2 Å². The van der Waals surface area contributed by atoms with Gasteiger partial charge in [0.2, 0.25) is 0 Å². The van der Waals surface area contributed by atoms with E-state index >= 15 is 0 Å². The number of benzene rings is 1. The summed E-state index contributed by atoms with van der Waals surface area (Å²) in [6, 6.07) is 19.8. The number of aromatic nitrogens is 1. The lowest BCUT2D eigenvalue weighted by Crippen LogP contribution is -2.30. The second kappa shape index (κ2) is 8.77. The lowest BCUT2D eigenvalue weighted by Gasteiger charge is -2.25. The van der Waals surface area contributed by atoms with Crippen molar-refractivity contribution in [1.82, 2.24) is 15.2 Å². The van der Waals surface area contributed by atoms with Crippen LogP contribution in [-0.4, -0.2) is 33.3 Å². The minimum Gasteiger partial charge on any atom is -0.452 e. The molecule has 0 aliphatic carbocycles. The molecule has 0 unspecified atom stereocenters. The summed E-state index contributed by atoms with van der Waals surface area (Å²) < 4.78 is 6.21. The Morgan fingerprint density at radius 1 is 1.11 bits per heavy atom. The van der Waals surface area contributed by atoms with Gasteiger partial charge >= 0.3 is 0 Å². The first kappa shape index (κ1) is 19.0. The number of hydrogen-bond acceptors (Lipinski definition) is 5. The van der Waals surface area contributed by atoms with Gasteiger partial charge in [-0.1, -0.05) is 36.0 Å². The first-order valence-corrected chi connectivity index (χ1v) is 10.4. The average molecular weight is 412 g/mol. The molecular weight excluding hydrogens is 390 g/mol. The summed E-state index contributed by atoms with van der Waals surface area (Å²) in [7, 11) is 0. The predicted molar refractivity (Wildman–Crippen MR) is 113 cm³/mol. The zero-order valence-electron chi connectivity index (χ0n) is 15.2. The molecule has 5 nitrogen and oxygen atoms in total. The van der Waals surface area contributed by atoms with Crippen molar-refractivity contribution in [3.05, 3.63) is 78.3 Å². The van der Waals surface area contributed by atoms with Crippen LogP contribution >= 0.6 is 24.0 Å². The molecular formula is C21H21N3O2S2. The van der Waals surface area contributed by atoms with Crippen LogP contribution < -0.4 is 5.32 Å². The van der Waals surface area contributed by atoms with Crippen LogP contribution in [-0.2, 0) is 0 Å². The molecule has 1 fully saturated rings. The van der Waals surface area contributed by atoms with Crippen molar-refractivity contribution in [1.29, 1.82) is 0 Å². The van der Waals surface area contributed by atoms with Crippen molar-refractivity contribution in [3.8, 4) is 0 Å². The van der Waals surface area contributed by atoms with Gasteiger partial charge in [0.25, 0.3) is 0 Å². The molecule has 2 atom stereocenters. The Morgan fingerprint density at radius 2 is 1.93 bits per heavy atom. The van der Waals surface area contributed by atoms with Gasteiger partial charge in [0.15, 0.2) is 10.2 Å². The molecule has 0 amide bonds. The molecule has 0 bridgehead atoms. The molecule has 0 radical (unpaired) electrons. The van der Waals surface area contributed by atoms with Gasteiger partial charge < -0.3 is 19.7 Å². The van der Waals surface area contributed by atoms with Gasteiger partial charge in [0, 0.05) is 24.2 Å². The normalized spacial score (nSPS) is 19.0. The van der Waals surface area contributed by atoms with Crippen molar-refractivity contribution in [2.24, 2.45) is 0 Å². The smallest absolute Gasteiger partial charge is 0.170 e. The van der Waals surface area contributed by atoms with Crippen LogP contribution in [0.3, 0.4) is 0 Å². The van der Waals surface area contributed by atoms with Crippen molar-refractivity contribution < 1.29 is 9.52 Å². The van der Waals surface area contributed by atoms with Crippen LogP contribution in [0.4, 0.5) is 0 Å². The summed E-state index contributed by atoms with van der Waals surface area (Å²) in [4.78, 5) is 7.73. The molecule has 7 heteroatoms. The number of thiocarbonyl (C=S) groups is 1. The fraction of sp³-hybridized carbons (Fsp3) is 0.238. The van der Waals surface area contributed by atoms with Crippen molar-refractivity contribution in [3.63, 3.8) is 0 Å². The third-order valence-electron chi connectivity index (χ3n) is 4.61. The van der Waals surface area contributed by atoms with E-state index in [1.54, 1.807) is 18.0 Å². The number of rotatable bonds is 7. The summed E-state index contributed by atoms with van der Waals surface area (Å²) in [6.07, 6.45) is 2.42. The molecule has 0 saturated carbocycles. The molecule has 4 rings (SSSR count). The highest BCUT2D eigenvalue weighted by Crippen LogP contribution is 2.41. The molecule has 1 aromatic carbocycles. The maximum atomic E-state index is 9.29. The Bertz CT molecular complexity index is 918. The summed E-state index contributed by atoms with van der Waals surface area (Å²) in [6.45, 7) is 0.769. The van der Waals surface area contributed by atoms with Gasteiger partial charge in [0.1, 0.15) is 11.8 Å². The van der Waals surface area contributed by atoms with Gasteiger partial charge in [-0.25, -0.2) is 0 Å². The predicted octanol–water partition coefficient (Wildman–Crippen LogP) is 4.18.